The highest BCUT2D eigenvalue weighted by atomic mass is 32.2. The van der Waals surface area contributed by atoms with E-state index in [1.807, 2.05) is 0 Å². The number of alkyl halides is 17. The Morgan fingerprint density at radius 3 is 1.27 bits per heavy atom. The van der Waals surface area contributed by atoms with Crippen LogP contribution in [0.25, 0.3) is 0 Å². The van der Waals surface area contributed by atoms with E-state index in [4.69, 9.17) is 4.74 Å². The lowest BCUT2D eigenvalue weighted by atomic mass is 9.87. The molecule has 0 heterocycles. The van der Waals surface area contributed by atoms with Crippen molar-refractivity contribution in [3.8, 4) is 17.2 Å². The Balaban J connectivity index is 1.91. The van der Waals surface area contributed by atoms with Crippen LogP contribution >= 0.6 is 0 Å². The van der Waals surface area contributed by atoms with Crippen LogP contribution in [-0.4, -0.2) is 55.2 Å². The van der Waals surface area contributed by atoms with Gasteiger partial charge in [0.1, 0.15) is 22.1 Å². The van der Waals surface area contributed by atoms with Crippen molar-refractivity contribution in [3.63, 3.8) is 0 Å². The van der Waals surface area contributed by atoms with Gasteiger partial charge < -0.3 is 9.84 Å². The highest BCUT2D eigenvalue weighted by Gasteiger charge is 2.95. The van der Waals surface area contributed by atoms with Gasteiger partial charge >= 0.3 is 47.6 Å². The number of hydrogen-bond donors (Lipinski definition) is 1. The average molecular weight is 744 g/mol. The number of aromatic hydroxyl groups is 1. The molecule has 0 radical (unpaired) electrons. The maximum absolute atomic E-state index is 14.5. The fourth-order valence-electron chi connectivity index (χ4n) is 3.71. The van der Waals surface area contributed by atoms with E-state index in [9.17, 15) is 88.2 Å². The van der Waals surface area contributed by atoms with Gasteiger partial charge in [-0.05, 0) is 60.7 Å². The van der Waals surface area contributed by atoms with E-state index in [1.165, 1.54) is 12.1 Å². The second-order valence-electron chi connectivity index (χ2n) is 9.59. The molecular formula is C26H13F17O4S. The number of phenolic OH excluding ortho intramolecular Hbond substituents is 1. The maximum Gasteiger partial charge on any atom is 0.460 e. The molecule has 0 aliphatic rings. The molecule has 0 unspecified atom stereocenters. The standard InChI is InChI=1S/C26H13F17O4S/c27-19(28,20(29,30)21(31,32)22(33,34)23(35,36)24(37,38)25(39,40)26(41,42)43)13-5-7-14(8-6-13)47-15-9-11-16(12-10-15)48(45,46)18-4-2-1-3-17(18)44/h1-12,44H. The van der Waals surface area contributed by atoms with Crippen LogP contribution in [0.5, 0.6) is 17.2 Å². The van der Waals surface area contributed by atoms with Gasteiger partial charge in [-0.25, -0.2) is 8.42 Å². The third-order valence-corrected chi connectivity index (χ3v) is 8.28. The summed E-state index contributed by atoms with van der Waals surface area (Å²) in [6.07, 6.45) is -7.84. The summed E-state index contributed by atoms with van der Waals surface area (Å²) in [5.74, 6) is -58.9. The molecule has 4 nitrogen and oxygen atoms in total. The Bertz CT molecular complexity index is 1740. The van der Waals surface area contributed by atoms with Crippen molar-refractivity contribution in [2.75, 3.05) is 0 Å². The van der Waals surface area contributed by atoms with Crippen molar-refractivity contribution in [2.24, 2.45) is 0 Å². The van der Waals surface area contributed by atoms with E-state index < -0.39 is 84.3 Å². The van der Waals surface area contributed by atoms with Crippen LogP contribution in [0.15, 0.2) is 82.6 Å². The van der Waals surface area contributed by atoms with Crippen LogP contribution in [0.3, 0.4) is 0 Å². The van der Waals surface area contributed by atoms with E-state index >= 15 is 0 Å². The van der Waals surface area contributed by atoms with Gasteiger partial charge in [0.2, 0.25) is 9.84 Å². The SMILES string of the molecule is O=S(=O)(c1ccc(Oc2ccc(C(F)(F)C(F)(F)C(F)(F)C(F)(F)C(F)(F)C(F)(F)C(F)(F)C(F)(F)F)cc2)cc1)c1ccccc1O. The molecule has 0 spiro atoms. The summed E-state index contributed by atoms with van der Waals surface area (Å²) < 4.78 is 261. The topological polar surface area (TPSA) is 63.6 Å². The van der Waals surface area contributed by atoms with Gasteiger partial charge in [-0.15, -0.1) is 0 Å². The van der Waals surface area contributed by atoms with Crippen LogP contribution in [0, 0.1) is 0 Å². The molecule has 0 atom stereocenters. The van der Waals surface area contributed by atoms with Crippen LogP contribution in [0.1, 0.15) is 5.56 Å². The number of rotatable bonds is 11. The summed E-state index contributed by atoms with van der Waals surface area (Å²) in [6, 6.07) is 8.43. The minimum atomic E-state index is -8.73. The second kappa shape index (κ2) is 11.6. The minimum Gasteiger partial charge on any atom is -0.507 e. The molecule has 22 heteroatoms. The predicted octanol–water partition coefficient (Wildman–Crippen LogP) is 9.48. The molecule has 0 saturated heterocycles. The lowest BCUT2D eigenvalue weighted by Gasteiger charge is -2.42. The molecule has 48 heavy (non-hydrogen) atoms. The molecule has 0 fully saturated rings. The molecule has 0 aromatic heterocycles. The number of hydrogen-bond acceptors (Lipinski definition) is 4. The van der Waals surface area contributed by atoms with E-state index in [0.717, 1.165) is 36.4 Å². The molecule has 1 N–H and O–H groups in total. The zero-order valence-electron chi connectivity index (χ0n) is 22.4. The van der Waals surface area contributed by atoms with E-state index in [-0.39, 0.29) is 30.0 Å². The molecule has 266 valence electrons. The summed E-state index contributed by atoms with van der Waals surface area (Å²) in [6.45, 7) is 0. The monoisotopic (exact) mass is 744 g/mol. The Kier molecular flexibility index (Phi) is 9.27. The zero-order valence-corrected chi connectivity index (χ0v) is 23.3. The van der Waals surface area contributed by atoms with Gasteiger partial charge in [-0.3, -0.25) is 0 Å². The summed E-state index contributed by atoms with van der Waals surface area (Å²) in [4.78, 5) is -0.927. The van der Waals surface area contributed by atoms with Gasteiger partial charge in [0.05, 0.1) is 4.90 Å². The number of phenols is 1. The fraction of sp³-hybridized carbons (Fsp3) is 0.308. The van der Waals surface area contributed by atoms with Gasteiger partial charge in [-0.2, -0.15) is 74.6 Å². The van der Waals surface area contributed by atoms with Crippen LogP contribution in [0.2, 0.25) is 0 Å². The number of benzene rings is 3. The van der Waals surface area contributed by atoms with Gasteiger partial charge in [0.15, 0.2) is 0 Å². The summed E-state index contributed by atoms with van der Waals surface area (Å²) in [7, 11) is -4.30. The molecule has 0 amide bonds. The lowest BCUT2D eigenvalue weighted by Crippen LogP contribution is -2.74. The first-order valence-electron chi connectivity index (χ1n) is 12.1. The highest BCUT2D eigenvalue weighted by Crippen LogP contribution is 2.65. The van der Waals surface area contributed by atoms with Crippen molar-refractivity contribution in [3.05, 3.63) is 78.4 Å². The third kappa shape index (κ3) is 5.63. The van der Waals surface area contributed by atoms with Crippen molar-refractivity contribution < 1.29 is 92.9 Å². The molecule has 0 bridgehead atoms. The van der Waals surface area contributed by atoms with Crippen LogP contribution in [0.4, 0.5) is 74.6 Å². The quantitative estimate of drug-likeness (QED) is 0.199. The first kappa shape index (κ1) is 38.5. The lowest BCUT2D eigenvalue weighted by molar-refractivity contribution is -0.462. The zero-order chi connectivity index (χ0) is 37.2. The van der Waals surface area contributed by atoms with Crippen LogP contribution in [-0.2, 0) is 15.8 Å². The van der Waals surface area contributed by atoms with Crippen molar-refractivity contribution >= 4 is 9.84 Å². The Morgan fingerprint density at radius 1 is 0.479 bits per heavy atom. The predicted molar refractivity (Wildman–Crippen MR) is 126 cm³/mol. The molecule has 0 saturated carbocycles. The summed E-state index contributed by atoms with van der Waals surface area (Å²) in [5, 5.41) is 9.78. The summed E-state index contributed by atoms with van der Waals surface area (Å²) >= 11 is 0. The third-order valence-electron chi connectivity index (χ3n) is 6.46. The largest absolute Gasteiger partial charge is 0.507 e. The minimum absolute atomic E-state index is 0.251. The number of halogens is 17. The first-order valence-corrected chi connectivity index (χ1v) is 13.5. The van der Waals surface area contributed by atoms with Gasteiger partial charge in [0, 0.05) is 5.56 Å². The number of ether oxygens (including phenoxy) is 1. The van der Waals surface area contributed by atoms with Crippen molar-refractivity contribution in [2.45, 2.75) is 57.4 Å². The number of sulfone groups is 1. The Morgan fingerprint density at radius 2 is 0.854 bits per heavy atom. The molecule has 3 aromatic carbocycles. The van der Waals surface area contributed by atoms with Gasteiger partial charge in [0.25, 0.3) is 0 Å². The molecule has 0 aliphatic heterocycles. The number of para-hydroxylation sites is 1. The maximum atomic E-state index is 14.5. The highest BCUT2D eigenvalue weighted by molar-refractivity contribution is 7.91. The van der Waals surface area contributed by atoms with E-state index in [1.54, 1.807) is 0 Å². The second-order valence-corrected chi connectivity index (χ2v) is 11.5. The normalized spacial score (nSPS) is 14.6. The first-order chi connectivity index (χ1) is 21.4. The van der Waals surface area contributed by atoms with E-state index in [0.29, 0.717) is 0 Å². The van der Waals surface area contributed by atoms with Crippen LogP contribution < -0.4 is 4.74 Å². The van der Waals surface area contributed by atoms with Gasteiger partial charge in [-0.1, -0.05) is 12.1 Å². The summed E-state index contributed by atoms with van der Waals surface area (Å²) in [5.41, 5.74) is -2.42. The smallest absolute Gasteiger partial charge is 0.460 e. The fourth-order valence-corrected chi connectivity index (χ4v) is 5.06. The Labute approximate surface area is 256 Å². The Hall–Kier alpha value is -3.98. The van der Waals surface area contributed by atoms with Crippen molar-refractivity contribution in [1.29, 1.82) is 0 Å². The molecule has 0 aliphatic carbocycles. The molecular weight excluding hydrogens is 731 g/mol. The van der Waals surface area contributed by atoms with Crippen molar-refractivity contribution in [1.82, 2.24) is 0 Å². The average Bonchev–Trinajstić information content (AvgIpc) is 2.96. The molecule has 3 rings (SSSR count). The van der Waals surface area contributed by atoms with E-state index in [2.05, 4.69) is 0 Å². The molecule has 3 aromatic rings.